The van der Waals surface area contributed by atoms with Crippen LogP contribution in [0, 0.1) is 0 Å². The Morgan fingerprint density at radius 1 is 1.19 bits per heavy atom. The molecule has 1 fully saturated rings. The molecule has 1 saturated carbocycles. The molecule has 1 aliphatic rings. The Morgan fingerprint density at radius 3 is 2.54 bits per heavy atom. The molecule has 0 atom stereocenters. The van der Waals surface area contributed by atoms with Crippen LogP contribution in [0.15, 0.2) is 30.3 Å². The Kier molecular flexibility index (Phi) is 4.97. The lowest BCUT2D eigenvalue weighted by atomic mass is 9.80. The SMILES string of the molecule is CN(C(=O)CNC(=O)c1cc2ccccc2[nH]1)C1(C(=O)O)CCCCC1. The number of carbonyl (C=O) groups is 3. The van der Waals surface area contributed by atoms with Crippen LogP contribution in [0.1, 0.15) is 42.6 Å². The molecule has 2 aromatic rings. The highest BCUT2D eigenvalue weighted by atomic mass is 16.4. The summed E-state index contributed by atoms with van der Waals surface area (Å²) >= 11 is 0. The maximum atomic E-state index is 12.5. The van der Waals surface area contributed by atoms with Crippen LogP contribution < -0.4 is 5.32 Å². The van der Waals surface area contributed by atoms with Gasteiger partial charge in [-0.15, -0.1) is 0 Å². The predicted molar refractivity (Wildman–Crippen MR) is 96.9 cm³/mol. The minimum absolute atomic E-state index is 0.236. The summed E-state index contributed by atoms with van der Waals surface area (Å²) in [6.07, 6.45) is 3.44. The third kappa shape index (κ3) is 3.29. The van der Waals surface area contributed by atoms with Crippen LogP contribution in [0.5, 0.6) is 0 Å². The Balaban J connectivity index is 1.65. The van der Waals surface area contributed by atoms with E-state index in [0.29, 0.717) is 18.5 Å². The molecule has 3 rings (SSSR count). The minimum atomic E-state index is -1.17. The van der Waals surface area contributed by atoms with Gasteiger partial charge in [0.05, 0.1) is 6.54 Å². The number of para-hydroxylation sites is 1. The Labute approximate surface area is 151 Å². The van der Waals surface area contributed by atoms with Gasteiger partial charge in [0.15, 0.2) is 0 Å². The van der Waals surface area contributed by atoms with Crippen molar-refractivity contribution in [3.05, 3.63) is 36.0 Å². The first-order valence-electron chi connectivity index (χ1n) is 8.80. The van der Waals surface area contributed by atoms with E-state index in [1.807, 2.05) is 24.3 Å². The fraction of sp³-hybridized carbons (Fsp3) is 0.421. The quantitative estimate of drug-likeness (QED) is 0.763. The first kappa shape index (κ1) is 18.0. The van der Waals surface area contributed by atoms with E-state index in [1.165, 1.54) is 11.9 Å². The number of aliphatic carboxylic acids is 1. The van der Waals surface area contributed by atoms with Crippen molar-refractivity contribution >= 4 is 28.7 Å². The van der Waals surface area contributed by atoms with Gasteiger partial charge in [0, 0.05) is 18.0 Å². The second-order valence-electron chi connectivity index (χ2n) is 6.80. The summed E-state index contributed by atoms with van der Waals surface area (Å²) in [5.41, 5.74) is 0.0432. The van der Waals surface area contributed by atoms with Crippen LogP contribution in [0.25, 0.3) is 10.9 Å². The zero-order chi connectivity index (χ0) is 18.7. The number of fused-ring (bicyclic) bond motifs is 1. The fourth-order valence-electron chi connectivity index (χ4n) is 3.63. The van der Waals surface area contributed by atoms with Crippen molar-refractivity contribution in [3.63, 3.8) is 0 Å². The second kappa shape index (κ2) is 7.19. The predicted octanol–water partition coefficient (Wildman–Crippen LogP) is 2.14. The summed E-state index contributed by atoms with van der Waals surface area (Å²) in [5.74, 6) is -1.77. The van der Waals surface area contributed by atoms with E-state index < -0.39 is 23.3 Å². The number of carbonyl (C=O) groups excluding carboxylic acids is 2. The lowest BCUT2D eigenvalue weighted by Crippen LogP contribution is -2.58. The molecule has 0 spiro atoms. The third-order valence-electron chi connectivity index (χ3n) is 5.27. The molecule has 3 N–H and O–H groups in total. The number of benzene rings is 1. The summed E-state index contributed by atoms with van der Waals surface area (Å²) in [6, 6.07) is 9.23. The topological polar surface area (TPSA) is 103 Å². The lowest BCUT2D eigenvalue weighted by Gasteiger charge is -2.41. The number of nitrogens with one attached hydrogen (secondary N) is 2. The zero-order valence-electron chi connectivity index (χ0n) is 14.7. The van der Waals surface area contributed by atoms with E-state index in [0.717, 1.165) is 30.2 Å². The van der Waals surface area contributed by atoms with Gasteiger partial charge in [0.25, 0.3) is 5.91 Å². The van der Waals surface area contributed by atoms with Gasteiger partial charge in [-0.1, -0.05) is 37.5 Å². The van der Waals surface area contributed by atoms with Crippen LogP contribution in [-0.2, 0) is 9.59 Å². The average Bonchev–Trinajstić information content (AvgIpc) is 3.10. The van der Waals surface area contributed by atoms with Gasteiger partial charge in [0.2, 0.25) is 5.91 Å². The zero-order valence-corrected chi connectivity index (χ0v) is 14.7. The molecule has 1 aromatic carbocycles. The standard InChI is InChI=1S/C19H23N3O4/c1-22(19(18(25)26)9-5-2-6-10-19)16(23)12-20-17(24)15-11-13-7-3-4-8-14(13)21-15/h3-4,7-8,11,21H,2,5-6,9-10,12H2,1H3,(H,20,24)(H,25,26). The molecule has 0 radical (unpaired) electrons. The van der Waals surface area contributed by atoms with Crippen LogP contribution in [0.4, 0.5) is 0 Å². The van der Waals surface area contributed by atoms with Crippen molar-refractivity contribution < 1.29 is 19.5 Å². The van der Waals surface area contributed by atoms with Crippen molar-refractivity contribution in [1.82, 2.24) is 15.2 Å². The van der Waals surface area contributed by atoms with E-state index >= 15 is 0 Å². The molecule has 138 valence electrons. The molecule has 2 amide bonds. The summed E-state index contributed by atoms with van der Waals surface area (Å²) in [6.45, 7) is -0.236. The highest BCUT2D eigenvalue weighted by Crippen LogP contribution is 2.33. The molecule has 1 aliphatic carbocycles. The monoisotopic (exact) mass is 357 g/mol. The Hall–Kier alpha value is -2.83. The van der Waals surface area contributed by atoms with E-state index in [9.17, 15) is 19.5 Å². The highest BCUT2D eigenvalue weighted by molar-refractivity contribution is 5.99. The lowest BCUT2D eigenvalue weighted by molar-refractivity contribution is -0.159. The average molecular weight is 357 g/mol. The van der Waals surface area contributed by atoms with Crippen molar-refractivity contribution in [1.29, 1.82) is 0 Å². The summed E-state index contributed by atoms with van der Waals surface area (Å²) in [7, 11) is 1.51. The summed E-state index contributed by atoms with van der Waals surface area (Å²) in [4.78, 5) is 40.9. The van der Waals surface area contributed by atoms with E-state index in [4.69, 9.17) is 0 Å². The van der Waals surface area contributed by atoms with Crippen molar-refractivity contribution in [2.45, 2.75) is 37.6 Å². The Bertz CT molecular complexity index is 803. The minimum Gasteiger partial charge on any atom is -0.479 e. The van der Waals surface area contributed by atoms with E-state index in [1.54, 1.807) is 6.07 Å². The Morgan fingerprint density at radius 2 is 1.88 bits per heavy atom. The molecule has 26 heavy (non-hydrogen) atoms. The number of likely N-dealkylation sites (N-methyl/N-ethyl adjacent to an activating group) is 1. The number of amides is 2. The maximum Gasteiger partial charge on any atom is 0.329 e. The molecule has 0 unspecified atom stereocenters. The summed E-state index contributed by atoms with van der Waals surface area (Å²) in [5, 5.41) is 13.1. The molecule has 0 aliphatic heterocycles. The van der Waals surface area contributed by atoms with Gasteiger partial charge in [-0.2, -0.15) is 0 Å². The summed E-state index contributed by atoms with van der Waals surface area (Å²) < 4.78 is 0. The van der Waals surface area contributed by atoms with E-state index in [-0.39, 0.29) is 6.54 Å². The van der Waals surface area contributed by atoms with Crippen LogP contribution in [-0.4, -0.2) is 51.9 Å². The molecule has 0 bridgehead atoms. The maximum absolute atomic E-state index is 12.5. The number of aromatic nitrogens is 1. The molecule has 1 aromatic heterocycles. The number of carboxylic acids is 1. The first-order valence-corrected chi connectivity index (χ1v) is 8.80. The number of hydrogen-bond donors (Lipinski definition) is 3. The van der Waals surface area contributed by atoms with Gasteiger partial charge in [-0.3, -0.25) is 9.59 Å². The van der Waals surface area contributed by atoms with Crippen molar-refractivity contribution in [3.8, 4) is 0 Å². The van der Waals surface area contributed by atoms with Gasteiger partial charge < -0.3 is 20.3 Å². The molecule has 7 nitrogen and oxygen atoms in total. The van der Waals surface area contributed by atoms with Crippen molar-refractivity contribution in [2.75, 3.05) is 13.6 Å². The molecule has 1 heterocycles. The number of aromatic amines is 1. The van der Waals surface area contributed by atoms with Gasteiger partial charge in [-0.25, -0.2) is 4.79 Å². The molecular weight excluding hydrogens is 334 g/mol. The van der Waals surface area contributed by atoms with E-state index in [2.05, 4.69) is 10.3 Å². The number of nitrogens with zero attached hydrogens (tertiary/aromatic N) is 1. The largest absolute Gasteiger partial charge is 0.479 e. The number of rotatable bonds is 5. The van der Waals surface area contributed by atoms with Crippen LogP contribution in [0.3, 0.4) is 0 Å². The number of H-pyrrole nitrogens is 1. The highest BCUT2D eigenvalue weighted by Gasteiger charge is 2.45. The normalized spacial score (nSPS) is 16.2. The first-order chi connectivity index (χ1) is 12.4. The molecule has 0 saturated heterocycles. The number of carboxylic acid groups (broad SMARTS) is 1. The van der Waals surface area contributed by atoms with Crippen molar-refractivity contribution in [2.24, 2.45) is 0 Å². The van der Waals surface area contributed by atoms with Gasteiger partial charge >= 0.3 is 5.97 Å². The van der Waals surface area contributed by atoms with Gasteiger partial charge in [-0.05, 0) is 25.0 Å². The fourth-order valence-corrected chi connectivity index (χ4v) is 3.63. The van der Waals surface area contributed by atoms with Gasteiger partial charge in [0.1, 0.15) is 11.2 Å². The van der Waals surface area contributed by atoms with Crippen LogP contribution in [0.2, 0.25) is 0 Å². The van der Waals surface area contributed by atoms with Crippen LogP contribution >= 0.6 is 0 Å². The smallest absolute Gasteiger partial charge is 0.329 e. The number of hydrogen-bond acceptors (Lipinski definition) is 3. The molecule has 7 heteroatoms. The third-order valence-corrected chi connectivity index (χ3v) is 5.27. The molecular formula is C19H23N3O4. The second-order valence-corrected chi connectivity index (χ2v) is 6.80.